The Labute approximate surface area is 173 Å². The maximum atomic E-state index is 7.61. The van der Waals surface area contributed by atoms with E-state index in [-0.39, 0.29) is 40.7 Å². The fourth-order valence-corrected chi connectivity index (χ4v) is 7.34. The van der Waals surface area contributed by atoms with Crippen LogP contribution in [0, 0.1) is 10.8 Å². The standard InChI is InChI=1S/C20H16N6Se2/c21-19(22)11-5-7-25-13(9-11)15-1-3-17(27-15)18-4-2-16(28-18)14-10-12(20(23)24)6-8-26-14/h1-10H,(H3,21,22)(H3,23,24). The van der Waals surface area contributed by atoms with Crippen molar-refractivity contribution < 1.29 is 0 Å². The van der Waals surface area contributed by atoms with Crippen LogP contribution in [0.2, 0.25) is 0 Å². The number of hydrogen-bond acceptors (Lipinski definition) is 4. The molecule has 0 aliphatic carbocycles. The van der Waals surface area contributed by atoms with E-state index >= 15 is 0 Å². The summed E-state index contributed by atoms with van der Waals surface area (Å²) in [5, 5.41) is 15.2. The number of nitrogen functional groups attached to an aromatic ring is 2. The first-order chi connectivity index (χ1) is 13.5. The molecule has 0 aliphatic heterocycles. The molecule has 0 fully saturated rings. The maximum absolute atomic E-state index is 7.61. The molecule has 4 rings (SSSR count). The zero-order chi connectivity index (χ0) is 19.7. The van der Waals surface area contributed by atoms with Crippen molar-refractivity contribution in [2.24, 2.45) is 11.5 Å². The number of amidine groups is 2. The molecule has 0 spiro atoms. The van der Waals surface area contributed by atoms with Gasteiger partial charge >= 0.3 is 174 Å². The summed E-state index contributed by atoms with van der Waals surface area (Å²) < 4.78 is 5.05. The molecule has 138 valence electrons. The predicted molar refractivity (Wildman–Crippen MR) is 114 cm³/mol. The molecule has 8 heteroatoms. The second-order valence-corrected chi connectivity index (χ2v) is 10.6. The topological polar surface area (TPSA) is 126 Å². The molecular formula is C20H16N6Se2. The van der Waals surface area contributed by atoms with E-state index in [1.807, 2.05) is 12.1 Å². The monoisotopic (exact) mass is 500 g/mol. The second kappa shape index (κ2) is 7.70. The third kappa shape index (κ3) is 3.77. The Morgan fingerprint density at radius 3 is 1.43 bits per heavy atom. The Balaban J connectivity index is 1.64. The van der Waals surface area contributed by atoms with E-state index in [2.05, 4.69) is 34.2 Å². The van der Waals surface area contributed by atoms with Gasteiger partial charge in [-0.05, 0) is 0 Å². The van der Waals surface area contributed by atoms with E-state index in [4.69, 9.17) is 22.3 Å². The van der Waals surface area contributed by atoms with Gasteiger partial charge in [-0.15, -0.1) is 0 Å². The summed E-state index contributed by atoms with van der Waals surface area (Å²) in [5.41, 5.74) is 14.3. The van der Waals surface area contributed by atoms with Crippen LogP contribution in [-0.4, -0.2) is 50.6 Å². The van der Waals surface area contributed by atoms with Gasteiger partial charge in [0.15, 0.2) is 0 Å². The van der Waals surface area contributed by atoms with E-state index in [9.17, 15) is 0 Å². The van der Waals surface area contributed by atoms with Gasteiger partial charge in [0.05, 0.1) is 0 Å². The Morgan fingerprint density at radius 1 is 0.643 bits per heavy atom. The van der Waals surface area contributed by atoms with Crippen LogP contribution in [-0.2, 0) is 0 Å². The van der Waals surface area contributed by atoms with E-state index in [1.165, 1.54) is 17.7 Å². The number of nitrogens with zero attached hydrogens (tertiary/aromatic N) is 2. The van der Waals surface area contributed by atoms with Crippen molar-refractivity contribution >= 4 is 40.7 Å². The molecule has 0 radical (unpaired) electrons. The summed E-state index contributed by atoms with van der Waals surface area (Å²) in [4.78, 5) is 8.89. The average Bonchev–Trinajstić information content (AvgIpc) is 3.38. The predicted octanol–water partition coefficient (Wildman–Crippen LogP) is 2.16. The summed E-state index contributed by atoms with van der Waals surface area (Å²) in [5.74, 6) is 0.109. The summed E-state index contributed by atoms with van der Waals surface area (Å²) >= 11 is 0.321. The molecule has 0 unspecified atom stereocenters. The summed E-state index contributed by atoms with van der Waals surface area (Å²) in [6, 6.07) is 15.8. The Morgan fingerprint density at radius 2 is 1.04 bits per heavy atom. The van der Waals surface area contributed by atoms with E-state index in [0.29, 0.717) is 11.1 Å². The molecule has 4 aromatic rings. The Kier molecular flexibility index (Phi) is 5.11. The van der Waals surface area contributed by atoms with E-state index in [1.54, 1.807) is 24.5 Å². The van der Waals surface area contributed by atoms with Crippen LogP contribution < -0.4 is 11.5 Å². The number of aromatic nitrogens is 2. The zero-order valence-electron chi connectivity index (χ0n) is 14.6. The molecular weight excluding hydrogens is 482 g/mol. The Hall–Kier alpha value is -2.76. The normalized spacial score (nSPS) is 10.7. The summed E-state index contributed by atoms with van der Waals surface area (Å²) in [7, 11) is 0. The molecule has 28 heavy (non-hydrogen) atoms. The van der Waals surface area contributed by atoms with Crippen LogP contribution in [0.5, 0.6) is 0 Å². The number of hydrogen-bond donors (Lipinski definition) is 4. The first-order valence-electron chi connectivity index (χ1n) is 8.33. The van der Waals surface area contributed by atoms with Gasteiger partial charge in [-0.1, -0.05) is 0 Å². The van der Waals surface area contributed by atoms with Crippen molar-refractivity contribution in [2.45, 2.75) is 0 Å². The third-order valence-corrected chi connectivity index (χ3v) is 9.54. The van der Waals surface area contributed by atoms with Crippen LogP contribution in [0.15, 0.2) is 60.9 Å². The summed E-state index contributed by atoms with van der Waals surface area (Å²) in [6.07, 6.45) is 3.40. The fourth-order valence-electron chi connectivity index (χ4n) is 2.68. The zero-order valence-corrected chi connectivity index (χ0v) is 18.1. The molecule has 0 saturated heterocycles. The molecule has 4 aromatic heterocycles. The SMILES string of the molecule is N=C(N)c1ccnc(-c2ccc(-c3ccc(-c4cc(C(=N)N)ccn4)[se]3)[se]2)c1. The van der Waals surface area contributed by atoms with Crippen LogP contribution in [0.1, 0.15) is 11.1 Å². The molecule has 0 amide bonds. The van der Waals surface area contributed by atoms with Gasteiger partial charge in [-0.2, -0.15) is 0 Å². The van der Waals surface area contributed by atoms with Crippen LogP contribution in [0.25, 0.3) is 29.1 Å². The number of nitrogens with two attached hydrogens (primary N) is 2. The van der Waals surface area contributed by atoms with Crippen molar-refractivity contribution in [1.82, 2.24) is 9.97 Å². The summed E-state index contributed by atoms with van der Waals surface area (Å²) in [6.45, 7) is 0. The van der Waals surface area contributed by atoms with Gasteiger partial charge in [0.2, 0.25) is 0 Å². The van der Waals surface area contributed by atoms with Gasteiger partial charge in [-0.3, -0.25) is 0 Å². The van der Waals surface area contributed by atoms with Crippen LogP contribution in [0.3, 0.4) is 0 Å². The molecule has 0 saturated carbocycles. The quantitative estimate of drug-likeness (QED) is 0.191. The third-order valence-electron chi connectivity index (χ3n) is 4.10. The van der Waals surface area contributed by atoms with Gasteiger partial charge in [0.1, 0.15) is 0 Å². The molecule has 6 nitrogen and oxygen atoms in total. The second-order valence-electron chi connectivity index (χ2n) is 6.01. The van der Waals surface area contributed by atoms with E-state index in [0.717, 1.165) is 11.4 Å². The number of pyridine rings is 2. The minimum atomic E-state index is 0.0545. The van der Waals surface area contributed by atoms with Crippen molar-refractivity contribution in [3.8, 4) is 29.1 Å². The molecule has 0 atom stereocenters. The Bertz CT molecular complexity index is 1100. The van der Waals surface area contributed by atoms with Crippen molar-refractivity contribution in [2.75, 3.05) is 0 Å². The molecule has 6 N–H and O–H groups in total. The number of nitrogens with one attached hydrogen (secondary N) is 2. The van der Waals surface area contributed by atoms with Gasteiger partial charge in [-0.25, -0.2) is 0 Å². The van der Waals surface area contributed by atoms with Crippen molar-refractivity contribution in [3.05, 3.63) is 72.1 Å². The molecule has 0 aliphatic rings. The fraction of sp³-hybridized carbons (Fsp3) is 0. The van der Waals surface area contributed by atoms with E-state index < -0.39 is 0 Å². The first kappa shape index (κ1) is 18.6. The average molecular weight is 498 g/mol. The van der Waals surface area contributed by atoms with Crippen LogP contribution in [0.4, 0.5) is 0 Å². The molecule has 4 heterocycles. The van der Waals surface area contributed by atoms with Crippen molar-refractivity contribution in [1.29, 1.82) is 10.8 Å². The minimum absolute atomic E-state index is 0.0545. The number of rotatable bonds is 5. The van der Waals surface area contributed by atoms with Gasteiger partial charge in [0, 0.05) is 0 Å². The first-order valence-corrected chi connectivity index (χ1v) is 11.8. The van der Waals surface area contributed by atoms with Crippen molar-refractivity contribution in [3.63, 3.8) is 0 Å². The van der Waals surface area contributed by atoms with Gasteiger partial charge in [0.25, 0.3) is 0 Å². The van der Waals surface area contributed by atoms with Gasteiger partial charge < -0.3 is 0 Å². The molecule has 0 aromatic carbocycles. The van der Waals surface area contributed by atoms with Crippen LogP contribution >= 0.6 is 0 Å². The molecule has 0 bridgehead atoms.